The van der Waals surface area contributed by atoms with Gasteiger partial charge in [0.25, 0.3) is 5.91 Å². The number of rotatable bonds is 8. The van der Waals surface area contributed by atoms with Crippen molar-refractivity contribution in [2.24, 2.45) is 33.7 Å². The first-order valence-corrected chi connectivity index (χ1v) is 14.7. The fraction of sp³-hybridized carbons (Fsp3) is 0.606. The molecule has 1 amide bonds. The highest BCUT2D eigenvalue weighted by atomic mass is 16.6. The van der Waals surface area contributed by atoms with Crippen molar-refractivity contribution in [3.05, 3.63) is 47.5 Å². The van der Waals surface area contributed by atoms with Crippen LogP contribution in [0, 0.1) is 40.9 Å². The highest BCUT2D eigenvalue weighted by Crippen LogP contribution is 2.67. The lowest BCUT2D eigenvalue weighted by Crippen LogP contribution is -2.54. The number of fused-ring (bicyclic) bond motifs is 5. The highest BCUT2D eigenvalue weighted by molar-refractivity contribution is 5.96. The Morgan fingerprint density at radius 2 is 1.88 bits per heavy atom. The monoisotopic (exact) mass is 546 g/mol. The van der Waals surface area contributed by atoms with Crippen LogP contribution in [0.5, 0.6) is 0 Å². The Morgan fingerprint density at radius 3 is 2.60 bits per heavy atom. The van der Waals surface area contributed by atoms with Crippen LogP contribution < -0.4 is 5.32 Å². The van der Waals surface area contributed by atoms with E-state index in [0.717, 1.165) is 56.2 Å². The van der Waals surface area contributed by atoms with Crippen molar-refractivity contribution in [1.82, 2.24) is 5.32 Å². The molecule has 0 bridgehead atoms. The minimum Gasteiger partial charge on any atom is -0.481 e. The Balaban J connectivity index is 1.17. The van der Waals surface area contributed by atoms with Crippen LogP contribution in [0.2, 0.25) is 0 Å². The van der Waals surface area contributed by atoms with E-state index in [-0.39, 0.29) is 42.2 Å². The van der Waals surface area contributed by atoms with E-state index in [0.29, 0.717) is 24.2 Å². The first kappa shape index (κ1) is 28.4. The lowest BCUT2D eigenvalue weighted by molar-refractivity contribution is -0.137. The van der Waals surface area contributed by atoms with Crippen molar-refractivity contribution >= 4 is 17.6 Å². The van der Waals surface area contributed by atoms with Crippen LogP contribution >= 0.6 is 0 Å². The topological polar surface area (TPSA) is 108 Å². The summed E-state index contributed by atoms with van der Waals surface area (Å²) >= 11 is 0. The largest absolute Gasteiger partial charge is 0.481 e. The lowest BCUT2D eigenvalue weighted by atomic mass is 9.46. The number of nitrogens with one attached hydrogen (secondary N) is 1. The summed E-state index contributed by atoms with van der Waals surface area (Å²) in [6.45, 7) is 4.65. The van der Waals surface area contributed by atoms with Gasteiger partial charge in [-0.2, -0.15) is 0 Å². The number of benzene rings is 1. The van der Waals surface area contributed by atoms with E-state index in [9.17, 15) is 19.8 Å². The van der Waals surface area contributed by atoms with Crippen LogP contribution in [0.15, 0.2) is 47.1 Å². The van der Waals surface area contributed by atoms with E-state index in [1.165, 1.54) is 5.57 Å². The SMILES string of the molecule is C#C[C@]1(O)CC[C@H]2[C@@H]3CCC4=C/C(=N/OCC(=O)NC[C@@H](CC(=O)O)c5ccccc5)CC[C@]4(C)[C@H]3CC[C@@]21C. The van der Waals surface area contributed by atoms with E-state index in [2.05, 4.69) is 36.3 Å². The Hall–Kier alpha value is -3.11. The van der Waals surface area contributed by atoms with Crippen LogP contribution in [0.1, 0.15) is 83.1 Å². The molecule has 40 heavy (non-hydrogen) atoms. The minimum absolute atomic E-state index is 0.0631. The molecular formula is C33H42N2O5. The summed E-state index contributed by atoms with van der Waals surface area (Å²) in [6, 6.07) is 9.34. The van der Waals surface area contributed by atoms with Gasteiger partial charge in [-0.3, -0.25) is 9.59 Å². The fourth-order valence-corrected chi connectivity index (χ4v) is 8.60. The number of carboxylic acid groups (broad SMARTS) is 1. The normalized spacial score (nSPS) is 36.3. The summed E-state index contributed by atoms with van der Waals surface area (Å²) < 4.78 is 0. The van der Waals surface area contributed by atoms with Crippen molar-refractivity contribution in [2.45, 2.75) is 83.2 Å². The Labute approximate surface area is 237 Å². The zero-order valence-corrected chi connectivity index (χ0v) is 23.7. The zero-order valence-electron chi connectivity index (χ0n) is 23.7. The Morgan fingerprint density at radius 1 is 1.12 bits per heavy atom. The molecule has 7 atom stereocenters. The van der Waals surface area contributed by atoms with Crippen LogP contribution in [0.3, 0.4) is 0 Å². The molecular weight excluding hydrogens is 504 g/mol. The molecule has 4 aliphatic carbocycles. The van der Waals surface area contributed by atoms with Gasteiger partial charge in [0.1, 0.15) is 5.60 Å². The number of hydrogen-bond donors (Lipinski definition) is 3. The molecule has 3 N–H and O–H groups in total. The maximum atomic E-state index is 12.4. The molecule has 0 aromatic heterocycles. The second-order valence-electron chi connectivity index (χ2n) is 12.9. The molecule has 3 saturated carbocycles. The molecule has 0 aliphatic heterocycles. The fourth-order valence-electron chi connectivity index (χ4n) is 8.60. The first-order valence-electron chi connectivity index (χ1n) is 14.7. The number of nitrogens with zero attached hydrogens (tertiary/aromatic N) is 1. The molecule has 0 spiro atoms. The molecule has 0 radical (unpaired) electrons. The highest BCUT2D eigenvalue weighted by Gasteiger charge is 2.63. The first-order chi connectivity index (χ1) is 19.1. The van der Waals surface area contributed by atoms with Crippen LogP contribution in [0.4, 0.5) is 0 Å². The van der Waals surface area contributed by atoms with E-state index >= 15 is 0 Å². The van der Waals surface area contributed by atoms with Gasteiger partial charge in [0.15, 0.2) is 6.61 Å². The van der Waals surface area contributed by atoms with Crippen LogP contribution in [0.25, 0.3) is 0 Å². The number of carbonyl (C=O) groups excluding carboxylic acids is 1. The second kappa shape index (κ2) is 11.0. The molecule has 0 saturated heterocycles. The summed E-state index contributed by atoms with van der Waals surface area (Å²) in [5.41, 5.74) is 2.13. The average Bonchev–Trinajstić information content (AvgIpc) is 3.22. The Kier molecular flexibility index (Phi) is 7.85. The maximum absolute atomic E-state index is 12.4. The molecule has 0 heterocycles. The van der Waals surface area contributed by atoms with Crippen molar-refractivity contribution in [3.8, 4) is 12.3 Å². The molecule has 1 aromatic rings. The predicted octanol–water partition coefficient (Wildman–Crippen LogP) is 5.06. The van der Waals surface area contributed by atoms with E-state index < -0.39 is 11.6 Å². The standard InChI is InChI=1S/C33H42N2O5/c1-4-33(39)17-14-28-26-11-10-24-19-25(12-15-31(24,2)27(26)13-16-32(28,33)3)35-40-21-29(36)34-20-23(18-30(37)38)22-8-6-5-7-9-22/h1,5-9,19,23,26-28,39H,10-18,20-21H2,2-3H3,(H,34,36)(H,37,38)/b35-25+/t23-,26-,27+,28+,31+,32+,33+/m1/s1. The molecule has 7 nitrogen and oxygen atoms in total. The van der Waals surface area contributed by atoms with E-state index in [1.54, 1.807) is 0 Å². The summed E-state index contributed by atoms with van der Waals surface area (Å²) in [7, 11) is 0. The van der Waals surface area contributed by atoms with Crippen LogP contribution in [-0.4, -0.2) is 46.6 Å². The van der Waals surface area contributed by atoms with Gasteiger partial charge in [0.2, 0.25) is 0 Å². The number of carbonyl (C=O) groups is 2. The summed E-state index contributed by atoms with van der Waals surface area (Å²) in [6.07, 6.45) is 15.7. The Bertz CT molecular complexity index is 1230. The van der Waals surface area contributed by atoms with E-state index in [1.807, 2.05) is 30.3 Å². The molecule has 4 aliphatic rings. The number of hydrogen-bond acceptors (Lipinski definition) is 5. The predicted molar refractivity (Wildman–Crippen MR) is 153 cm³/mol. The van der Waals surface area contributed by atoms with Crippen LogP contribution in [-0.2, 0) is 14.4 Å². The van der Waals surface area contributed by atoms with Gasteiger partial charge in [-0.25, -0.2) is 0 Å². The number of carboxylic acids is 1. The average molecular weight is 547 g/mol. The third kappa shape index (κ3) is 5.07. The number of terminal acetylenes is 1. The molecule has 7 heteroatoms. The van der Waals surface area contributed by atoms with Gasteiger partial charge in [0.05, 0.1) is 12.1 Å². The van der Waals surface area contributed by atoms with Crippen molar-refractivity contribution in [1.29, 1.82) is 0 Å². The van der Waals surface area contributed by atoms with Gasteiger partial charge in [-0.05, 0) is 86.2 Å². The third-order valence-electron chi connectivity index (χ3n) is 11.0. The quantitative estimate of drug-likeness (QED) is 0.312. The van der Waals surface area contributed by atoms with Gasteiger partial charge in [-0.1, -0.05) is 60.8 Å². The molecule has 1 aromatic carbocycles. The summed E-state index contributed by atoms with van der Waals surface area (Å²) in [5.74, 6) is 2.87. The number of allylic oxidation sites excluding steroid dienone is 2. The lowest BCUT2D eigenvalue weighted by Gasteiger charge is -2.58. The maximum Gasteiger partial charge on any atom is 0.304 e. The van der Waals surface area contributed by atoms with E-state index in [4.69, 9.17) is 11.3 Å². The number of amides is 1. The summed E-state index contributed by atoms with van der Waals surface area (Å²) in [4.78, 5) is 29.2. The van der Waals surface area contributed by atoms with Gasteiger partial charge in [0, 0.05) is 17.9 Å². The van der Waals surface area contributed by atoms with Crippen molar-refractivity contribution in [3.63, 3.8) is 0 Å². The minimum atomic E-state index is -0.978. The van der Waals surface area contributed by atoms with Crippen molar-refractivity contribution in [2.75, 3.05) is 13.2 Å². The zero-order chi connectivity index (χ0) is 28.5. The molecule has 3 fully saturated rings. The number of oxime groups is 1. The smallest absolute Gasteiger partial charge is 0.304 e. The number of aliphatic carboxylic acids is 1. The van der Waals surface area contributed by atoms with Crippen molar-refractivity contribution < 1.29 is 24.6 Å². The summed E-state index contributed by atoms with van der Waals surface area (Å²) in [5, 5.41) is 27.6. The molecule has 5 rings (SSSR count). The second-order valence-corrected chi connectivity index (χ2v) is 12.9. The van der Waals surface area contributed by atoms with Gasteiger partial charge < -0.3 is 20.4 Å². The number of aliphatic hydroxyl groups is 1. The third-order valence-corrected chi connectivity index (χ3v) is 11.0. The van der Waals surface area contributed by atoms with Gasteiger partial charge >= 0.3 is 5.97 Å². The molecule has 0 unspecified atom stereocenters. The molecule has 214 valence electrons. The van der Waals surface area contributed by atoms with Gasteiger partial charge in [-0.15, -0.1) is 6.42 Å².